The molecule has 5 nitrogen and oxygen atoms in total. The number of alkyl carbamates (subject to hydrolysis) is 1. The van der Waals surface area contributed by atoms with E-state index in [-0.39, 0.29) is 39.8 Å². The van der Waals surface area contributed by atoms with E-state index in [4.69, 9.17) is 4.74 Å². The molecule has 10 atom stereocenters. The number of hydrogen-bond acceptors (Lipinski definition) is 3. The summed E-state index contributed by atoms with van der Waals surface area (Å²) in [5.41, 5.74) is 1.10. The largest absolute Gasteiger partial charge is 0.481 e. The highest BCUT2D eigenvalue weighted by atomic mass is 16.6. The number of ether oxygens (including phenoxy) is 1. The van der Waals surface area contributed by atoms with E-state index in [0.29, 0.717) is 30.2 Å². The van der Waals surface area contributed by atoms with Crippen LogP contribution in [0.4, 0.5) is 4.79 Å². The fourth-order valence-electron chi connectivity index (χ4n) is 12.0. The first-order chi connectivity index (χ1) is 17.7. The molecule has 5 rings (SSSR count). The highest BCUT2D eigenvalue weighted by Crippen LogP contribution is 2.77. The van der Waals surface area contributed by atoms with Gasteiger partial charge in [-0.3, -0.25) is 4.79 Å². The Bertz CT molecular complexity index is 1000. The molecule has 0 radical (unpaired) electrons. The van der Waals surface area contributed by atoms with Crippen molar-refractivity contribution in [1.29, 1.82) is 0 Å². The molecule has 0 aromatic carbocycles. The van der Waals surface area contributed by atoms with Crippen molar-refractivity contribution in [1.82, 2.24) is 5.32 Å². The van der Waals surface area contributed by atoms with Crippen molar-refractivity contribution in [2.45, 2.75) is 119 Å². The SMILES string of the molecule is C=C(C)[C@@H]1CC[C@]2(C(=O)O)CC[C@]3(C)[C@H](CC[C@@H]4[C@@]5(C)CC[C@H](OC(=O)NCC)C(C)(C)[C@@H]5CC[C@]43C)[C@@H]12. The molecule has 0 aliphatic heterocycles. The van der Waals surface area contributed by atoms with Crippen LogP contribution in [0.5, 0.6) is 0 Å². The molecule has 5 fully saturated rings. The third kappa shape index (κ3) is 3.54. The predicted molar refractivity (Wildman–Crippen MR) is 151 cm³/mol. The third-order valence-electron chi connectivity index (χ3n) is 14.0. The van der Waals surface area contributed by atoms with Gasteiger partial charge < -0.3 is 15.2 Å². The Balaban J connectivity index is 1.48. The maximum absolute atomic E-state index is 12.9. The molecule has 5 aliphatic carbocycles. The van der Waals surface area contributed by atoms with Crippen molar-refractivity contribution in [3.63, 3.8) is 0 Å². The summed E-state index contributed by atoms with van der Waals surface area (Å²) in [6, 6.07) is 0. The van der Waals surface area contributed by atoms with Gasteiger partial charge in [-0.2, -0.15) is 0 Å². The van der Waals surface area contributed by atoms with E-state index >= 15 is 0 Å². The predicted octanol–water partition coefficient (Wildman–Crippen LogP) is 7.84. The van der Waals surface area contributed by atoms with Gasteiger partial charge in [-0.05, 0) is 124 Å². The fraction of sp³-hybridized carbons (Fsp3) is 0.879. The van der Waals surface area contributed by atoms with E-state index in [9.17, 15) is 14.7 Å². The Hall–Kier alpha value is -1.52. The standard InChI is InChI=1S/C33H53NO4/c1-9-34-28(37)38-25-14-15-30(6)23(29(25,4)5)13-16-32(8)24(30)11-10-22-26-21(20(2)3)12-17-33(26,27(35)36)19-18-31(22,32)7/h21-26H,2,9-19H2,1,3-8H3,(H,34,37)(H,35,36)/t21-,22+,23-,24+,25-,26+,30-,31+,32+,33-/m0/s1. The molecule has 0 aromatic heterocycles. The average molecular weight is 528 g/mol. The second-order valence-electron chi connectivity index (χ2n) is 15.4. The van der Waals surface area contributed by atoms with Crippen molar-refractivity contribution < 1.29 is 19.4 Å². The number of carboxylic acid groups (broad SMARTS) is 1. The zero-order valence-corrected chi connectivity index (χ0v) is 25.1. The summed E-state index contributed by atoms with van der Waals surface area (Å²) in [7, 11) is 0. The maximum atomic E-state index is 12.9. The van der Waals surface area contributed by atoms with E-state index in [0.717, 1.165) is 51.4 Å². The molecule has 214 valence electrons. The Kier molecular flexibility index (Phi) is 6.63. The second-order valence-corrected chi connectivity index (χ2v) is 15.4. The summed E-state index contributed by atoms with van der Waals surface area (Å²) in [5, 5.41) is 13.4. The Morgan fingerprint density at radius 1 is 0.895 bits per heavy atom. The maximum Gasteiger partial charge on any atom is 0.407 e. The zero-order chi connectivity index (χ0) is 27.9. The van der Waals surface area contributed by atoms with E-state index in [1.807, 2.05) is 6.92 Å². The van der Waals surface area contributed by atoms with Crippen molar-refractivity contribution >= 4 is 12.1 Å². The van der Waals surface area contributed by atoms with Crippen LogP contribution in [0, 0.1) is 56.7 Å². The molecular formula is C33H53NO4. The highest BCUT2D eigenvalue weighted by molar-refractivity contribution is 5.76. The summed E-state index contributed by atoms with van der Waals surface area (Å²) in [6.07, 6.45) is 10.0. The quantitative estimate of drug-likeness (QED) is 0.365. The summed E-state index contributed by atoms with van der Waals surface area (Å²) in [4.78, 5) is 25.2. The van der Waals surface area contributed by atoms with Crippen LogP contribution in [0.1, 0.15) is 113 Å². The Morgan fingerprint density at radius 2 is 1.61 bits per heavy atom. The third-order valence-corrected chi connectivity index (χ3v) is 14.0. The number of allylic oxidation sites excluding steroid dienone is 1. The normalized spacial score (nSPS) is 49.0. The molecule has 5 saturated carbocycles. The Morgan fingerprint density at radius 3 is 2.24 bits per heavy atom. The van der Waals surface area contributed by atoms with E-state index in [2.05, 4.69) is 53.4 Å². The molecule has 0 aromatic rings. The molecule has 2 N–H and O–H groups in total. The first-order valence-corrected chi connectivity index (χ1v) is 15.5. The van der Waals surface area contributed by atoms with Crippen LogP contribution < -0.4 is 5.32 Å². The molecule has 0 heterocycles. The first kappa shape index (κ1) is 28.0. The van der Waals surface area contributed by atoms with Gasteiger partial charge >= 0.3 is 12.1 Å². The Labute approximate surface area is 230 Å². The topological polar surface area (TPSA) is 75.6 Å². The molecule has 0 unspecified atom stereocenters. The fourth-order valence-corrected chi connectivity index (χ4v) is 12.0. The van der Waals surface area contributed by atoms with Crippen molar-refractivity contribution in [3.05, 3.63) is 12.2 Å². The van der Waals surface area contributed by atoms with Gasteiger partial charge in [-0.25, -0.2) is 4.79 Å². The number of aliphatic carboxylic acids is 1. The van der Waals surface area contributed by atoms with Crippen LogP contribution in [0.15, 0.2) is 12.2 Å². The number of rotatable bonds is 4. The van der Waals surface area contributed by atoms with Gasteiger partial charge in [0.05, 0.1) is 5.41 Å². The lowest BCUT2D eigenvalue weighted by atomic mass is 9.32. The van der Waals surface area contributed by atoms with Gasteiger partial charge in [0.2, 0.25) is 0 Å². The molecule has 5 aliphatic rings. The minimum Gasteiger partial charge on any atom is -0.481 e. The minimum absolute atomic E-state index is 0.0518. The summed E-state index contributed by atoms with van der Waals surface area (Å²) in [6.45, 7) is 21.4. The van der Waals surface area contributed by atoms with Gasteiger partial charge in [0.1, 0.15) is 6.10 Å². The number of hydrogen-bond donors (Lipinski definition) is 2. The lowest BCUT2D eigenvalue weighted by Crippen LogP contribution is -2.67. The lowest BCUT2D eigenvalue weighted by molar-refractivity contribution is -0.247. The average Bonchev–Trinajstić information content (AvgIpc) is 3.23. The van der Waals surface area contributed by atoms with E-state index in [1.165, 1.54) is 18.4 Å². The summed E-state index contributed by atoms with van der Waals surface area (Å²) in [5.74, 6) is 1.58. The lowest BCUT2D eigenvalue weighted by Gasteiger charge is -2.72. The summed E-state index contributed by atoms with van der Waals surface area (Å²) < 4.78 is 6.01. The monoisotopic (exact) mass is 527 g/mol. The van der Waals surface area contributed by atoms with Gasteiger partial charge in [0.15, 0.2) is 0 Å². The van der Waals surface area contributed by atoms with Crippen molar-refractivity contribution in [2.24, 2.45) is 56.7 Å². The molecule has 0 bridgehead atoms. The van der Waals surface area contributed by atoms with Crippen LogP contribution >= 0.6 is 0 Å². The van der Waals surface area contributed by atoms with Crippen LogP contribution in [-0.2, 0) is 9.53 Å². The molecule has 38 heavy (non-hydrogen) atoms. The van der Waals surface area contributed by atoms with Crippen molar-refractivity contribution in [3.8, 4) is 0 Å². The molecule has 5 heteroatoms. The number of nitrogens with one attached hydrogen (secondary N) is 1. The summed E-state index contributed by atoms with van der Waals surface area (Å²) >= 11 is 0. The van der Waals surface area contributed by atoms with E-state index < -0.39 is 11.4 Å². The van der Waals surface area contributed by atoms with Gasteiger partial charge in [0.25, 0.3) is 0 Å². The van der Waals surface area contributed by atoms with Gasteiger partial charge in [-0.15, -0.1) is 0 Å². The van der Waals surface area contributed by atoms with Crippen molar-refractivity contribution in [2.75, 3.05) is 6.54 Å². The number of carbonyl (C=O) groups excluding carboxylic acids is 1. The molecular weight excluding hydrogens is 474 g/mol. The number of fused-ring (bicyclic) bond motifs is 7. The molecule has 1 amide bonds. The van der Waals surface area contributed by atoms with Gasteiger partial charge in [-0.1, -0.05) is 46.8 Å². The van der Waals surface area contributed by atoms with Crippen LogP contribution in [0.25, 0.3) is 0 Å². The second kappa shape index (κ2) is 8.99. The zero-order valence-electron chi connectivity index (χ0n) is 25.1. The van der Waals surface area contributed by atoms with Crippen LogP contribution in [-0.4, -0.2) is 29.8 Å². The molecule has 0 saturated heterocycles. The van der Waals surface area contributed by atoms with E-state index in [1.54, 1.807) is 0 Å². The molecule has 0 spiro atoms. The number of carbonyl (C=O) groups is 2. The first-order valence-electron chi connectivity index (χ1n) is 15.5. The highest BCUT2D eigenvalue weighted by Gasteiger charge is 2.72. The minimum atomic E-state index is -0.561. The number of carboxylic acids is 1. The van der Waals surface area contributed by atoms with Crippen LogP contribution in [0.2, 0.25) is 0 Å². The smallest absolute Gasteiger partial charge is 0.407 e. The number of amides is 1. The van der Waals surface area contributed by atoms with Gasteiger partial charge in [0, 0.05) is 12.0 Å². The van der Waals surface area contributed by atoms with Crippen LogP contribution in [0.3, 0.4) is 0 Å².